The molecule has 0 unspecified atom stereocenters. The monoisotopic (exact) mass is 221 g/mol. The summed E-state index contributed by atoms with van der Waals surface area (Å²) in [5.41, 5.74) is 2.21. The lowest BCUT2D eigenvalue weighted by Gasteiger charge is -2.13. The van der Waals surface area contributed by atoms with Gasteiger partial charge in [0.15, 0.2) is 0 Å². The maximum Gasteiger partial charge on any atom is 0.134 e. The Bertz CT molecular complexity index is 438. The largest absolute Gasteiger partial charge is 0.464 e. The van der Waals surface area contributed by atoms with Crippen molar-refractivity contribution in [2.24, 2.45) is 0 Å². The van der Waals surface area contributed by atoms with Gasteiger partial charge in [-0.3, -0.25) is 0 Å². The zero-order valence-corrected chi connectivity index (χ0v) is 9.71. The molecule has 2 nitrogen and oxygen atoms in total. The van der Waals surface area contributed by atoms with Crippen molar-refractivity contribution in [1.82, 2.24) is 4.90 Å². The third-order valence-corrected chi connectivity index (χ3v) is 2.68. The highest BCUT2D eigenvalue weighted by atomic mass is 32.1. The van der Waals surface area contributed by atoms with Crippen LogP contribution in [0.1, 0.15) is 5.56 Å². The summed E-state index contributed by atoms with van der Waals surface area (Å²) in [5.74, 6) is 0.881. The quantitative estimate of drug-likeness (QED) is 0.799. The molecule has 0 spiro atoms. The molecule has 1 aromatic heterocycles. The number of hydrogen-bond donors (Lipinski definition) is 1. The highest BCUT2D eigenvalue weighted by Crippen LogP contribution is 2.21. The fraction of sp³-hybridized carbons (Fsp3) is 0.333. The Morgan fingerprint density at radius 2 is 2.13 bits per heavy atom. The van der Waals surface area contributed by atoms with E-state index in [1.807, 2.05) is 24.5 Å². The van der Waals surface area contributed by atoms with Gasteiger partial charge in [-0.05, 0) is 13.1 Å². The molecule has 2 rings (SSSR count). The first-order valence-electron chi connectivity index (χ1n) is 5.06. The van der Waals surface area contributed by atoms with Crippen LogP contribution in [0.3, 0.4) is 0 Å². The smallest absolute Gasteiger partial charge is 0.134 e. The van der Waals surface area contributed by atoms with Gasteiger partial charge in [-0.2, -0.15) is 12.6 Å². The normalized spacial score (nSPS) is 11.4. The van der Waals surface area contributed by atoms with Gasteiger partial charge in [-0.25, -0.2) is 0 Å². The summed E-state index contributed by atoms with van der Waals surface area (Å²) in [6.45, 7) is 1.90. The van der Waals surface area contributed by atoms with Crippen LogP contribution in [-0.2, 0) is 6.54 Å². The summed E-state index contributed by atoms with van der Waals surface area (Å²) in [5, 5.41) is 1.21. The van der Waals surface area contributed by atoms with Crippen LogP contribution in [0.5, 0.6) is 0 Å². The van der Waals surface area contributed by atoms with E-state index in [1.54, 1.807) is 0 Å². The third-order valence-electron chi connectivity index (χ3n) is 2.48. The molecule has 0 atom stereocenters. The van der Waals surface area contributed by atoms with Gasteiger partial charge in [0.05, 0.1) is 6.26 Å². The van der Waals surface area contributed by atoms with Crippen LogP contribution in [0.25, 0.3) is 11.0 Å². The van der Waals surface area contributed by atoms with E-state index < -0.39 is 0 Å². The van der Waals surface area contributed by atoms with E-state index >= 15 is 0 Å². The lowest BCUT2D eigenvalue weighted by molar-refractivity contribution is 0.348. The van der Waals surface area contributed by atoms with Crippen molar-refractivity contribution in [3.05, 3.63) is 36.1 Å². The predicted molar refractivity (Wildman–Crippen MR) is 66.4 cm³/mol. The summed E-state index contributed by atoms with van der Waals surface area (Å²) in [6, 6.07) is 8.13. The van der Waals surface area contributed by atoms with E-state index in [-0.39, 0.29) is 0 Å². The van der Waals surface area contributed by atoms with Crippen LogP contribution in [0.2, 0.25) is 0 Å². The summed E-state index contributed by atoms with van der Waals surface area (Å²) >= 11 is 4.22. The Balaban J connectivity index is 2.21. The first-order chi connectivity index (χ1) is 7.31. The molecule has 0 saturated heterocycles. The van der Waals surface area contributed by atoms with Crippen molar-refractivity contribution < 1.29 is 4.42 Å². The number of furan rings is 1. The van der Waals surface area contributed by atoms with Crippen LogP contribution in [0.4, 0.5) is 0 Å². The first kappa shape index (κ1) is 10.6. The average Bonchev–Trinajstić information content (AvgIpc) is 2.62. The van der Waals surface area contributed by atoms with Crippen LogP contribution in [-0.4, -0.2) is 24.2 Å². The summed E-state index contributed by atoms with van der Waals surface area (Å²) < 4.78 is 5.48. The molecule has 0 radical (unpaired) electrons. The lowest BCUT2D eigenvalue weighted by Crippen LogP contribution is -2.19. The van der Waals surface area contributed by atoms with E-state index in [1.165, 1.54) is 10.9 Å². The number of fused-ring (bicyclic) bond motifs is 1. The van der Waals surface area contributed by atoms with Gasteiger partial charge in [0.25, 0.3) is 0 Å². The van der Waals surface area contributed by atoms with Crippen molar-refractivity contribution >= 4 is 23.6 Å². The average molecular weight is 221 g/mol. The van der Waals surface area contributed by atoms with Gasteiger partial charge in [-0.15, -0.1) is 0 Å². The highest BCUT2D eigenvalue weighted by Gasteiger charge is 2.06. The van der Waals surface area contributed by atoms with E-state index in [4.69, 9.17) is 4.42 Å². The molecular formula is C12H15NOS. The third kappa shape index (κ3) is 2.36. The number of rotatable bonds is 4. The summed E-state index contributed by atoms with van der Waals surface area (Å²) in [6.07, 6.45) is 1.85. The Hall–Kier alpha value is -0.930. The molecule has 1 aromatic carbocycles. The zero-order chi connectivity index (χ0) is 10.7. The van der Waals surface area contributed by atoms with E-state index in [0.717, 1.165) is 24.4 Å². The fourth-order valence-electron chi connectivity index (χ4n) is 1.70. The molecule has 0 bridgehead atoms. The molecule has 0 fully saturated rings. The number of hydrogen-bond acceptors (Lipinski definition) is 3. The van der Waals surface area contributed by atoms with Gasteiger partial charge in [0.2, 0.25) is 0 Å². The van der Waals surface area contributed by atoms with Crippen LogP contribution in [0.15, 0.2) is 34.9 Å². The Kier molecular flexibility index (Phi) is 3.34. The summed E-state index contributed by atoms with van der Waals surface area (Å²) in [4.78, 5) is 2.24. The van der Waals surface area contributed by atoms with E-state index in [9.17, 15) is 0 Å². The molecule has 0 aliphatic rings. The van der Waals surface area contributed by atoms with Crippen molar-refractivity contribution in [1.29, 1.82) is 0 Å². The standard InChI is InChI=1S/C12H15NOS/c1-13(6-7-15)8-10-9-14-12-5-3-2-4-11(10)12/h2-5,9,15H,6-8H2,1H3. The first-order valence-corrected chi connectivity index (χ1v) is 5.69. The molecule has 0 amide bonds. The number of para-hydroxylation sites is 1. The van der Waals surface area contributed by atoms with Crippen LogP contribution in [0, 0.1) is 0 Å². The number of thiol groups is 1. The van der Waals surface area contributed by atoms with Crippen molar-refractivity contribution in [2.45, 2.75) is 6.54 Å². The van der Waals surface area contributed by atoms with Gasteiger partial charge in [0, 0.05) is 29.8 Å². The van der Waals surface area contributed by atoms with E-state index in [2.05, 4.69) is 30.6 Å². The predicted octanol–water partition coefficient (Wildman–Crippen LogP) is 2.79. The van der Waals surface area contributed by atoms with Crippen LogP contribution >= 0.6 is 12.6 Å². The second-order valence-electron chi connectivity index (χ2n) is 3.72. The van der Waals surface area contributed by atoms with Crippen molar-refractivity contribution in [2.75, 3.05) is 19.3 Å². The molecule has 2 aromatic rings. The van der Waals surface area contributed by atoms with Crippen LogP contribution < -0.4 is 0 Å². The molecule has 15 heavy (non-hydrogen) atoms. The van der Waals surface area contributed by atoms with Gasteiger partial charge >= 0.3 is 0 Å². The fourth-order valence-corrected chi connectivity index (χ4v) is 2.04. The SMILES string of the molecule is CN(CCS)Cc1coc2ccccc12. The highest BCUT2D eigenvalue weighted by molar-refractivity contribution is 7.80. The molecule has 0 saturated carbocycles. The van der Waals surface area contributed by atoms with Gasteiger partial charge in [0.1, 0.15) is 5.58 Å². The molecule has 3 heteroatoms. The van der Waals surface area contributed by atoms with E-state index in [0.29, 0.717) is 0 Å². The molecular weight excluding hydrogens is 206 g/mol. The maximum absolute atomic E-state index is 5.48. The van der Waals surface area contributed by atoms with Gasteiger partial charge in [-0.1, -0.05) is 18.2 Å². The van der Waals surface area contributed by atoms with Crippen molar-refractivity contribution in [3.63, 3.8) is 0 Å². The minimum absolute atomic E-state index is 0.881. The zero-order valence-electron chi connectivity index (χ0n) is 8.81. The van der Waals surface area contributed by atoms with Crippen molar-refractivity contribution in [3.8, 4) is 0 Å². The second-order valence-corrected chi connectivity index (χ2v) is 4.17. The van der Waals surface area contributed by atoms with Gasteiger partial charge < -0.3 is 9.32 Å². The number of nitrogens with zero attached hydrogens (tertiary/aromatic N) is 1. The molecule has 80 valence electrons. The lowest BCUT2D eigenvalue weighted by atomic mass is 10.2. The summed E-state index contributed by atoms with van der Waals surface area (Å²) in [7, 11) is 2.10. The Labute approximate surface area is 95.3 Å². The molecule has 0 N–H and O–H groups in total. The molecule has 0 aliphatic carbocycles. The minimum Gasteiger partial charge on any atom is -0.464 e. The minimum atomic E-state index is 0.881. The maximum atomic E-state index is 5.48. The number of benzene rings is 1. The molecule has 1 heterocycles. The Morgan fingerprint density at radius 3 is 2.93 bits per heavy atom. The topological polar surface area (TPSA) is 16.4 Å². The second kappa shape index (κ2) is 4.73. The Morgan fingerprint density at radius 1 is 1.33 bits per heavy atom. The molecule has 0 aliphatic heterocycles.